The highest BCUT2D eigenvalue weighted by molar-refractivity contribution is 6.17. The highest BCUT2D eigenvalue weighted by Crippen LogP contribution is 2.29. The smallest absolute Gasteiger partial charge is 0.137 e. The minimum Gasteiger partial charge on any atom is -0.356 e. The molecule has 114 valence electrons. The van der Waals surface area contributed by atoms with Crippen molar-refractivity contribution in [3.63, 3.8) is 0 Å². The topological polar surface area (TPSA) is 21.1 Å². The molecule has 0 spiro atoms. The van der Waals surface area contributed by atoms with Crippen molar-refractivity contribution in [3.8, 4) is 5.69 Å². The summed E-state index contributed by atoms with van der Waals surface area (Å²) < 4.78 is 2.04. The fourth-order valence-corrected chi connectivity index (χ4v) is 2.95. The Morgan fingerprint density at radius 1 is 1.10 bits per heavy atom. The number of nitrogens with zero attached hydrogens (tertiary/aromatic N) is 3. The SMILES string of the molecule is CCCN(CCC)c1c(CCl)c(C)nn1-c1ccccc1. The third-order valence-corrected chi connectivity index (χ3v) is 3.85. The maximum atomic E-state index is 6.20. The van der Waals surface area contributed by atoms with Crippen molar-refractivity contribution in [3.05, 3.63) is 41.6 Å². The summed E-state index contributed by atoms with van der Waals surface area (Å²) in [5, 5.41) is 4.73. The minimum absolute atomic E-state index is 0.498. The number of para-hydroxylation sites is 1. The second-order valence-corrected chi connectivity index (χ2v) is 5.52. The molecule has 2 rings (SSSR count). The maximum absolute atomic E-state index is 6.20. The van der Waals surface area contributed by atoms with E-state index in [1.54, 1.807) is 0 Å². The average molecular weight is 306 g/mol. The molecule has 0 aliphatic rings. The van der Waals surface area contributed by atoms with Crippen LogP contribution in [0.3, 0.4) is 0 Å². The van der Waals surface area contributed by atoms with Gasteiger partial charge in [-0.3, -0.25) is 0 Å². The van der Waals surface area contributed by atoms with Crippen LogP contribution in [0.1, 0.15) is 37.9 Å². The lowest BCUT2D eigenvalue weighted by Crippen LogP contribution is -2.28. The van der Waals surface area contributed by atoms with Gasteiger partial charge in [-0.25, -0.2) is 4.68 Å². The van der Waals surface area contributed by atoms with Crippen molar-refractivity contribution < 1.29 is 0 Å². The lowest BCUT2D eigenvalue weighted by molar-refractivity contribution is 0.708. The number of hydrogen-bond donors (Lipinski definition) is 0. The number of hydrogen-bond acceptors (Lipinski definition) is 2. The Labute approximate surface area is 132 Å². The summed E-state index contributed by atoms with van der Waals surface area (Å²) in [7, 11) is 0. The van der Waals surface area contributed by atoms with E-state index in [2.05, 4.69) is 30.9 Å². The van der Waals surface area contributed by atoms with Crippen molar-refractivity contribution in [2.24, 2.45) is 0 Å². The van der Waals surface area contributed by atoms with Crippen LogP contribution in [0.5, 0.6) is 0 Å². The number of halogens is 1. The van der Waals surface area contributed by atoms with E-state index in [0.29, 0.717) is 5.88 Å². The van der Waals surface area contributed by atoms with E-state index in [-0.39, 0.29) is 0 Å². The van der Waals surface area contributed by atoms with Crippen molar-refractivity contribution in [2.75, 3.05) is 18.0 Å². The quantitative estimate of drug-likeness (QED) is 0.700. The van der Waals surface area contributed by atoms with Crippen LogP contribution in [0.4, 0.5) is 5.82 Å². The molecule has 2 aromatic rings. The molecular weight excluding hydrogens is 282 g/mol. The van der Waals surface area contributed by atoms with E-state index < -0.39 is 0 Å². The molecular formula is C17H24ClN3. The predicted molar refractivity (Wildman–Crippen MR) is 90.7 cm³/mol. The van der Waals surface area contributed by atoms with Gasteiger partial charge in [-0.15, -0.1) is 11.6 Å². The van der Waals surface area contributed by atoms with E-state index in [9.17, 15) is 0 Å². The van der Waals surface area contributed by atoms with Crippen molar-refractivity contribution >= 4 is 17.4 Å². The number of benzene rings is 1. The second kappa shape index (κ2) is 7.51. The summed E-state index contributed by atoms with van der Waals surface area (Å²) in [6.07, 6.45) is 2.22. The van der Waals surface area contributed by atoms with Gasteiger partial charge in [0.15, 0.2) is 0 Å². The summed E-state index contributed by atoms with van der Waals surface area (Å²) in [6, 6.07) is 10.3. The number of aromatic nitrogens is 2. The molecule has 0 bridgehead atoms. The number of anilines is 1. The van der Waals surface area contributed by atoms with Crippen molar-refractivity contribution in [1.82, 2.24) is 9.78 Å². The first-order valence-corrected chi connectivity index (χ1v) is 8.21. The fraction of sp³-hybridized carbons (Fsp3) is 0.471. The molecule has 0 radical (unpaired) electrons. The lowest BCUT2D eigenvalue weighted by atomic mass is 10.2. The zero-order valence-electron chi connectivity index (χ0n) is 13.1. The van der Waals surface area contributed by atoms with Crippen LogP contribution in [0.15, 0.2) is 30.3 Å². The van der Waals surface area contributed by atoms with E-state index in [0.717, 1.165) is 48.7 Å². The molecule has 0 atom stereocenters. The molecule has 1 aromatic carbocycles. The Balaban J connectivity index is 2.55. The van der Waals surface area contributed by atoms with Gasteiger partial charge < -0.3 is 4.90 Å². The zero-order valence-corrected chi connectivity index (χ0v) is 13.9. The minimum atomic E-state index is 0.498. The fourth-order valence-electron chi connectivity index (χ4n) is 2.64. The summed E-state index contributed by atoms with van der Waals surface area (Å²) >= 11 is 6.20. The van der Waals surface area contributed by atoms with E-state index in [1.165, 1.54) is 0 Å². The molecule has 0 aliphatic carbocycles. The largest absolute Gasteiger partial charge is 0.356 e. The zero-order chi connectivity index (χ0) is 15.2. The summed E-state index contributed by atoms with van der Waals surface area (Å²) in [5.74, 6) is 1.65. The van der Waals surface area contributed by atoms with E-state index in [1.807, 2.05) is 29.8 Å². The van der Waals surface area contributed by atoms with E-state index >= 15 is 0 Å². The van der Waals surface area contributed by atoms with Gasteiger partial charge in [-0.05, 0) is 31.9 Å². The lowest BCUT2D eigenvalue weighted by Gasteiger charge is -2.25. The first kappa shape index (κ1) is 15.9. The monoisotopic (exact) mass is 305 g/mol. The molecule has 0 N–H and O–H groups in total. The maximum Gasteiger partial charge on any atom is 0.137 e. The Morgan fingerprint density at radius 3 is 2.24 bits per heavy atom. The summed E-state index contributed by atoms with van der Waals surface area (Å²) in [4.78, 5) is 2.41. The van der Waals surface area contributed by atoms with Gasteiger partial charge in [-0.2, -0.15) is 5.10 Å². The standard InChI is InChI=1S/C17H24ClN3/c1-4-11-20(12-5-2)17-16(13-18)14(3)19-21(17)15-9-7-6-8-10-15/h6-10H,4-5,11-13H2,1-3H3. The predicted octanol–water partition coefficient (Wildman–Crippen LogP) is 4.55. The normalized spacial score (nSPS) is 10.9. The highest BCUT2D eigenvalue weighted by atomic mass is 35.5. The van der Waals surface area contributed by atoms with Crippen LogP contribution in [-0.4, -0.2) is 22.9 Å². The second-order valence-electron chi connectivity index (χ2n) is 5.26. The Morgan fingerprint density at radius 2 is 1.71 bits per heavy atom. The van der Waals surface area contributed by atoms with Gasteiger partial charge in [0, 0.05) is 18.7 Å². The molecule has 0 saturated carbocycles. The molecule has 0 saturated heterocycles. The highest BCUT2D eigenvalue weighted by Gasteiger charge is 2.20. The molecule has 3 nitrogen and oxygen atoms in total. The van der Waals surface area contributed by atoms with Crippen LogP contribution >= 0.6 is 11.6 Å². The molecule has 0 aliphatic heterocycles. The van der Waals surface area contributed by atoms with Gasteiger partial charge in [0.05, 0.1) is 17.3 Å². The van der Waals surface area contributed by atoms with E-state index in [4.69, 9.17) is 16.7 Å². The van der Waals surface area contributed by atoms with Gasteiger partial charge in [0.25, 0.3) is 0 Å². The van der Waals surface area contributed by atoms with Crippen LogP contribution in [-0.2, 0) is 5.88 Å². The van der Waals surface area contributed by atoms with Gasteiger partial charge in [-0.1, -0.05) is 32.0 Å². The molecule has 21 heavy (non-hydrogen) atoms. The third-order valence-electron chi connectivity index (χ3n) is 3.58. The Kier molecular flexibility index (Phi) is 5.68. The van der Waals surface area contributed by atoms with Crippen molar-refractivity contribution in [2.45, 2.75) is 39.5 Å². The molecule has 0 amide bonds. The van der Waals surface area contributed by atoms with Crippen LogP contribution in [0, 0.1) is 6.92 Å². The summed E-state index contributed by atoms with van der Waals surface area (Å²) in [5.41, 5.74) is 3.24. The molecule has 4 heteroatoms. The van der Waals surface area contributed by atoms with Crippen LogP contribution in [0.2, 0.25) is 0 Å². The number of alkyl halides is 1. The molecule has 0 unspecified atom stereocenters. The third kappa shape index (κ3) is 3.41. The first-order valence-electron chi connectivity index (χ1n) is 7.67. The number of rotatable bonds is 7. The van der Waals surface area contributed by atoms with Crippen molar-refractivity contribution in [1.29, 1.82) is 0 Å². The molecule has 1 heterocycles. The van der Waals surface area contributed by atoms with Gasteiger partial charge in [0.1, 0.15) is 5.82 Å². The van der Waals surface area contributed by atoms with Crippen LogP contribution in [0.25, 0.3) is 5.69 Å². The van der Waals surface area contributed by atoms with Gasteiger partial charge in [0.2, 0.25) is 0 Å². The first-order chi connectivity index (χ1) is 10.2. The Bertz CT molecular complexity index is 557. The van der Waals surface area contributed by atoms with Crippen LogP contribution < -0.4 is 4.90 Å². The number of aryl methyl sites for hydroxylation is 1. The van der Waals surface area contributed by atoms with Gasteiger partial charge >= 0.3 is 0 Å². The average Bonchev–Trinajstić information content (AvgIpc) is 2.84. The molecule has 0 fully saturated rings. The Hall–Kier alpha value is -1.48. The molecule has 1 aromatic heterocycles. The summed E-state index contributed by atoms with van der Waals surface area (Å²) in [6.45, 7) is 8.50.